The number of hydrogen-bond donors (Lipinski definition) is 2. The van der Waals surface area contributed by atoms with Crippen molar-refractivity contribution in [2.45, 2.75) is 52.3 Å². The monoisotopic (exact) mass is 374 g/mol. The molecule has 0 aliphatic heterocycles. The van der Waals surface area contributed by atoms with Crippen LogP contribution in [0.1, 0.15) is 40.2 Å². The van der Waals surface area contributed by atoms with E-state index >= 15 is 0 Å². The average molecular weight is 375 g/mol. The number of rotatable bonds is 5. The second-order valence-corrected chi connectivity index (χ2v) is 7.72. The van der Waals surface area contributed by atoms with Gasteiger partial charge in [-0.1, -0.05) is 6.07 Å². The van der Waals surface area contributed by atoms with E-state index in [9.17, 15) is 9.18 Å². The molecule has 0 heterocycles. The molecule has 0 saturated carbocycles. The predicted molar refractivity (Wildman–Crippen MR) is 89.3 cm³/mol. The second-order valence-electron chi connectivity index (χ2n) is 6.86. The Morgan fingerprint density at radius 3 is 2.45 bits per heavy atom. The molecule has 0 aromatic heterocycles. The van der Waals surface area contributed by atoms with Crippen LogP contribution in [0, 0.1) is 5.82 Å². The molecule has 0 bridgehead atoms. The minimum absolute atomic E-state index is 0.287. The van der Waals surface area contributed by atoms with Crippen molar-refractivity contribution < 1.29 is 13.9 Å². The number of nitrogens with one attached hydrogen (secondary N) is 2. The summed E-state index contributed by atoms with van der Waals surface area (Å²) in [4.78, 5) is 11.8. The van der Waals surface area contributed by atoms with Gasteiger partial charge in [-0.25, -0.2) is 9.18 Å². The van der Waals surface area contributed by atoms with E-state index in [0.29, 0.717) is 17.6 Å². The molecule has 1 aromatic carbocycles. The Bertz CT molecular complexity index is 527. The van der Waals surface area contributed by atoms with Crippen molar-refractivity contribution >= 4 is 22.0 Å². The van der Waals surface area contributed by atoms with Gasteiger partial charge in [-0.05, 0) is 68.2 Å². The highest BCUT2D eigenvalue weighted by molar-refractivity contribution is 9.10. The van der Waals surface area contributed by atoms with Gasteiger partial charge in [-0.3, -0.25) is 0 Å². The molecule has 1 aromatic rings. The highest BCUT2D eigenvalue weighted by Gasteiger charge is 2.24. The number of amides is 1. The van der Waals surface area contributed by atoms with Gasteiger partial charge >= 0.3 is 6.09 Å². The average Bonchev–Trinajstić information content (AvgIpc) is 2.30. The van der Waals surface area contributed by atoms with Crippen molar-refractivity contribution in [3.8, 4) is 0 Å². The molecule has 0 fully saturated rings. The Labute approximate surface area is 139 Å². The summed E-state index contributed by atoms with van der Waals surface area (Å²) in [5, 5.41) is 6.02. The molecule has 0 aliphatic rings. The summed E-state index contributed by atoms with van der Waals surface area (Å²) in [6.45, 7) is 10.3. The summed E-state index contributed by atoms with van der Waals surface area (Å²) in [6, 6.07) is 5.00. The molecule has 0 aliphatic carbocycles. The highest BCUT2D eigenvalue weighted by atomic mass is 79.9. The summed E-state index contributed by atoms with van der Waals surface area (Å²) in [5.74, 6) is -0.287. The zero-order chi connectivity index (χ0) is 17.0. The lowest BCUT2D eigenvalue weighted by molar-refractivity contribution is 0.0472. The smallest absolute Gasteiger partial charge is 0.408 e. The third-order valence-electron chi connectivity index (χ3n) is 2.72. The Morgan fingerprint density at radius 1 is 1.27 bits per heavy atom. The molecule has 1 amide bonds. The fourth-order valence-electron chi connectivity index (χ4n) is 1.79. The van der Waals surface area contributed by atoms with E-state index < -0.39 is 17.2 Å². The molecule has 6 heteroatoms. The zero-order valence-electron chi connectivity index (χ0n) is 13.7. The summed E-state index contributed by atoms with van der Waals surface area (Å²) >= 11 is 3.12. The number of hydrogen-bond acceptors (Lipinski definition) is 3. The summed E-state index contributed by atoms with van der Waals surface area (Å²) in [6.07, 6.45) is -0.450. The normalized spacial score (nSPS) is 12.1. The first-order chi connectivity index (χ1) is 9.98. The molecule has 2 N–H and O–H groups in total. The quantitative estimate of drug-likeness (QED) is 0.819. The van der Waals surface area contributed by atoms with Gasteiger partial charge in [0.25, 0.3) is 0 Å². The molecule has 0 atom stereocenters. The number of ether oxygens (including phenoxy) is 1. The highest BCUT2D eigenvalue weighted by Crippen LogP contribution is 2.16. The maximum atomic E-state index is 13.4. The minimum Gasteiger partial charge on any atom is -0.444 e. The molecule has 0 radical (unpaired) electrons. The Kier molecular flexibility index (Phi) is 6.38. The molecule has 0 unspecified atom stereocenters. The van der Waals surface area contributed by atoms with Gasteiger partial charge in [0.2, 0.25) is 0 Å². The van der Waals surface area contributed by atoms with Gasteiger partial charge in [-0.15, -0.1) is 0 Å². The third kappa shape index (κ3) is 7.22. The van der Waals surface area contributed by atoms with Crippen LogP contribution in [0.3, 0.4) is 0 Å². The van der Waals surface area contributed by atoms with Crippen LogP contribution in [0.25, 0.3) is 0 Å². The minimum atomic E-state index is -0.525. The van der Waals surface area contributed by atoms with Crippen molar-refractivity contribution in [3.05, 3.63) is 34.1 Å². The van der Waals surface area contributed by atoms with E-state index in [-0.39, 0.29) is 5.82 Å². The van der Waals surface area contributed by atoms with E-state index in [0.717, 1.165) is 5.56 Å². The molecular weight excluding hydrogens is 351 g/mol. The lowest BCUT2D eigenvalue weighted by Crippen LogP contribution is -2.51. The summed E-state index contributed by atoms with van der Waals surface area (Å²) in [7, 11) is 0. The van der Waals surface area contributed by atoms with Crippen LogP contribution in [-0.4, -0.2) is 23.8 Å². The van der Waals surface area contributed by atoms with Crippen LogP contribution in [-0.2, 0) is 11.3 Å². The molecular formula is C16H24BrFN2O2. The molecule has 0 spiro atoms. The Hall–Kier alpha value is -1.14. The van der Waals surface area contributed by atoms with Gasteiger partial charge in [0, 0.05) is 13.1 Å². The maximum Gasteiger partial charge on any atom is 0.408 e. The van der Waals surface area contributed by atoms with E-state index in [4.69, 9.17) is 4.74 Å². The number of carbonyl (C=O) groups excluding carboxylic acids is 1. The van der Waals surface area contributed by atoms with Crippen LogP contribution < -0.4 is 10.6 Å². The van der Waals surface area contributed by atoms with E-state index in [2.05, 4.69) is 26.6 Å². The summed E-state index contributed by atoms with van der Waals surface area (Å²) < 4.78 is 19.1. The first kappa shape index (κ1) is 18.9. The van der Waals surface area contributed by atoms with Gasteiger partial charge in [0.15, 0.2) is 0 Å². The van der Waals surface area contributed by atoms with Gasteiger partial charge in [-0.2, -0.15) is 0 Å². The van der Waals surface area contributed by atoms with E-state index in [1.807, 2.05) is 40.7 Å². The van der Waals surface area contributed by atoms with Crippen molar-refractivity contribution in [2.24, 2.45) is 0 Å². The molecule has 1 rings (SSSR count). The molecule has 22 heavy (non-hydrogen) atoms. The topological polar surface area (TPSA) is 50.4 Å². The first-order valence-electron chi connectivity index (χ1n) is 7.14. The van der Waals surface area contributed by atoms with Crippen LogP contribution in [0.15, 0.2) is 22.7 Å². The number of carbonyl (C=O) groups is 1. The molecule has 124 valence electrons. The Balaban J connectivity index is 2.45. The van der Waals surface area contributed by atoms with Crippen LogP contribution in [0.2, 0.25) is 0 Å². The predicted octanol–water partition coefficient (Wildman–Crippen LogP) is 3.98. The molecule has 4 nitrogen and oxygen atoms in total. The van der Waals surface area contributed by atoms with Gasteiger partial charge in [0.1, 0.15) is 11.4 Å². The first-order valence-corrected chi connectivity index (χ1v) is 7.94. The number of halogens is 2. The lowest BCUT2D eigenvalue weighted by Gasteiger charge is -2.29. The van der Waals surface area contributed by atoms with Gasteiger partial charge in [0.05, 0.1) is 10.0 Å². The fraction of sp³-hybridized carbons (Fsp3) is 0.562. The fourth-order valence-corrected chi connectivity index (χ4v) is 2.04. The summed E-state index contributed by atoms with van der Waals surface area (Å²) in [5.41, 5.74) is -0.160. The maximum absolute atomic E-state index is 13.4. The van der Waals surface area contributed by atoms with Crippen LogP contribution in [0.5, 0.6) is 0 Å². The van der Waals surface area contributed by atoms with Crippen molar-refractivity contribution in [3.63, 3.8) is 0 Å². The van der Waals surface area contributed by atoms with Crippen molar-refractivity contribution in [2.75, 3.05) is 6.54 Å². The van der Waals surface area contributed by atoms with Crippen molar-refractivity contribution in [1.29, 1.82) is 0 Å². The third-order valence-corrected chi connectivity index (χ3v) is 3.36. The van der Waals surface area contributed by atoms with E-state index in [1.54, 1.807) is 6.07 Å². The number of alkyl carbamates (subject to hydrolysis) is 1. The lowest BCUT2D eigenvalue weighted by atomic mass is 10.1. The largest absolute Gasteiger partial charge is 0.444 e. The second kappa shape index (κ2) is 7.42. The standard InChI is InChI=1S/C16H24BrFN2O2/c1-15(2,3)22-14(21)20-16(4,5)10-19-9-11-6-7-12(17)13(18)8-11/h6-8,19H,9-10H2,1-5H3,(H,20,21). The Morgan fingerprint density at radius 2 is 1.91 bits per heavy atom. The SMILES string of the molecule is CC(C)(CNCc1ccc(Br)c(F)c1)NC(=O)OC(C)(C)C. The molecule has 0 saturated heterocycles. The van der Waals surface area contributed by atoms with E-state index in [1.165, 1.54) is 6.07 Å². The van der Waals surface area contributed by atoms with Gasteiger partial charge < -0.3 is 15.4 Å². The number of benzene rings is 1. The zero-order valence-corrected chi connectivity index (χ0v) is 15.3. The van der Waals surface area contributed by atoms with Crippen LogP contribution in [0.4, 0.5) is 9.18 Å². The van der Waals surface area contributed by atoms with Crippen LogP contribution >= 0.6 is 15.9 Å². The van der Waals surface area contributed by atoms with Crippen molar-refractivity contribution in [1.82, 2.24) is 10.6 Å².